The molecule has 0 saturated carbocycles. The first kappa shape index (κ1) is 16.0. The summed E-state index contributed by atoms with van der Waals surface area (Å²) in [5, 5.41) is 7.36. The van der Waals surface area contributed by atoms with Crippen LogP contribution in [0.15, 0.2) is 78.9 Å². The molecular weight excluding hydrogens is 384 g/mol. The summed E-state index contributed by atoms with van der Waals surface area (Å²) in [5.41, 5.74) is 1.99. The van der Waals surface area contributed by atoms with Crippen LogP contribution in [0.5, 0.6) is 0 Å². The summed E-state index contributed by atoms with van der Waals surface area (Å²) < 4.78 is 1.19. The van der Waals surface area contributed by atoms with E-state index in [2.05, 4.69) is 83.8 Å². The maximum Gasteiger partial charge on any atom is 0.224 e. The number of benzene rings is 4. The van der Waals surface area contributed by atoms with Gasteiger partial charge < -0.3 is 0 Å². The fourth-order valence-corrected chi connectivity index (χ4v) is 5.34. The molecule has 28 heavy (non-hydrogen) atoms. The summed E-state index contributed by atoms with van der Waals surface area (Å²) in [6.07, 6.45) is 0. The van der Waals surface area contributed by atoms with Crippen LogP contribution in [0.3, 0.4) is 0 Å². The second-order valence-corrected chi connectivity index (χ2v) is 8.18. The van der Waals surface area contributed by atoms with Crippen LogP contribution < -0.4 is 0 Å². The number of nitrogens with zero attached hydrogens (tertiary/aromatic N) is 2. The molecule has 0 aliphatic carbocycles. The molecular formula is C24H13ClN2S. The van der Waals surface area contributed by atoms with Crippen molar-refractivity contribution in [1.29, 1.82) is 0 Å². The zero-order chi connectivity index (χ0) is 18.7. The number of halogens is 1. The first-order valence-corrected chi connectivity index (χ1v) is 10.2. The van der Waals surface area contributed by atoms with Crippen LogP contribution in [0.2, 0.25) is 5.28 Å². The van der Waals surface area contributed by atoms with Crippen LogP contribution in [0.4, 0.5) is 0 Å². The Balaban J connectivity index is 1.85. The molecule has 0 aliphatic heterocycles. The van der Waals surface area contributed by atoms with Crippen molar-refractivity contribution in [3.05, 3.63) is 84.1 Å². The number of hydrogen-bond acceptors (Lipinski definition) is 3. The average Bonchev–Trinajstić information content (AvgIpc) is 3.10. The molecule has 4 heteroatoms. The van der Waals surface area contributed by atoms with Gasteiger partial charge in [-0.25, -0.2) is 9.97 Å². The SMILES string of the molecule is Clc1nc(-c2cc3ccccc3c3ccccc23)c2c(n1)sc1ccccc12. The summed E-state index contributed by atoms with van der Waals surface area (Å²) in [6, 6.07) is 27.6. The Morgan fingerprint density at radius 1 is 0.679 bits per heavy atom. The monoisotopic (exact) mass is 396 g/mol. The molecule has 2 heterocycles. The van der Waals surface area contributed by atoms with E-state index in [0.29, 0.717) is 0 Å². The molecule has 0 fully saturated rings. The quantitative estimate of drug-likeness (QED) is 0.213. The number of thiophene rings is 1. The third-order valence-corrected chi connectivity index (χ3v) is 6.47. The van der Waals surface area contributed by atoms with Crippen LogP contribution in [0.1, 0.15) is 0 Å². The number of rotatable bonds is 1. The predicted octanol–water partition coefficient (Wildman–Crippen LogP) is 7.47. The molecule has 4 aromatic carbocycles. The minimum absolute atomic E-state index is 0.284. The standard InChI is InChI=1S/C24H13ClN2S/c25-24-26-22(21-18-11-5-6-12-20(18)28-23(21)27-24)19-13-14-7-1-2-8-15(14)16-9-3-4-10-17(16)19/h1-13H. The van der Waals surface area contributed by atoms with Crippen molar-refractivity contribution in [2.75, 3.05) is 0 Å². The van der Waals surface area contributed by atoms with Gasteiger partial charge in [-0.15, -0.1) is 11.3 Å². The first-order chi connectivity index (χ1) is 13.8. The minimum atomic E-state index is 0.284. The van der Waals surface area contributed by atoms with Gasteiger partial charge in [-0.1, -0.05) is 66.7 Å². The van der Waals surface area contributed by atoms with Gasteiger partial charge in [0.25, 0.3) is 0 Å². The van der Waals surface area contributed by atoms with Gasteiger partial charge >= 0.3 is 0 Å². The van der Waals surface area contributed by atoms with Crippen LogP contribution in [0.25, 0.3) is 53.1 Å². The van der Waals surface area contributed by atoms with Gasteiger partial charge in [-0.05, 0) is 45.3 Å². The summed E-state index contributed by atoms with van der Waals surface area (Å²) in [4.78, 5) is 10.2. The minimum Gasteiger partial charge on any atom is -0.217 e. The highest BCUT2D eigenvalue weighted by Gasteiger charge is 2.17. The summed E-state index contributed by atoms with van der Waals surface area (Å²) >= 11 is 8.01. The van der Waals surface area contributed by atoms with Crippen molar-refractivity contribution in [3.63, 3.8) is 0 Å². The van der Waals surface area contributed by atoms with E-state index in [-0.39, 0.29) is 5.28 Å². The Hall–Kier alpha value is -3.01. The molecule has 0 spiro atoms. The number of fused-ring (bicyclic) bond motifs is 6. The Labute approximate surface area is 170 Å². The van der Waals surface area contributed by atoms with Crippen LogP contribution in [-0.4, -0.2) is 9.97 Å². The Bertz CT molecular complexity index is 1530. The molecule has 132 valence electrons. The molecule has 2 nitrogen and oxygen atoms in total. The summed E-state index contributed by atoms with van der Waals surface area (Å²) in [7, 11) is 0. The molecule has 0 bridgehead atoms. The van der Waals surface area contributed by atoms with Gasteiger partial charge in [0, 0.05) is 21.0 Å². The fraction of sp³-hybridized carbons (Fsp3) is 0. The van der Waals surface area contributed by atoms with Gasteiger partial charge in [0.15, 0.2) is 0 Å². The number of hydrogen-bond donors (Lipinski definition) is 0. The van der Waals surface area contributed by atoms with Crippen molar-refractivity contribution in [2.45, 2.75) is 0 Å². The van der Waals surface area contributed by atoms with E-state index in [9.17, 15) is 0 Å². The lowest BCUT2D eigenvalue weighted by Gasteiger charge is -2.11. The maximum absolute atomic E-state index is 6.36. The molecule has 0 aliphatic rings. The van der Waals surface area contributed by atoms with Crippen LogP contribution in [-0.2, 0) is 0 Å². The second kappa shape index (κ2) is 5.99. The van der Waals surface area contributed by atoms with Gasteiger partial charge in [0.05, 0.1) is 5.69 Å². The highest BCUT2D eigenvalue weighted by molar-refractivity contribution is 7.25. The summed E-state index contributed by atoms with van der Waals surface area (Å²) in [6.45, 7) is 0. The Morgan fingerprint density at radius 2 is 1.36 bits per heavy atom. The smallest absolute Gasteiger partial charge is 0.217 e. The number of aromatic nitrogens is 2. The Morgan fingerprint density at radius 3 is 2.21 bits per heavy atom. The lowest BCUT2D eigenvalue weighted by molar-refractivity contribution is 1.24. The van der Waals surface area contributed by atoms with E-state index in [0.717, 1.165) is 21.5 Å². The summed E-state index contributed by atoms with van der Waals surface area (Å²) in [5.74, 6) is 0. The second-order valence-electron chi connectivity index (χ2n) is 6.81. The van der Waals surface area contributed by atoms with Crippen molar-refractivity contribution >= 4 is 64.8 Å². The highest BCUT2D eigenvalue weighted by atomic mass is 35.5. The molecule has 2 aromatic heterocycles. The normalized spacial score (nSPS) is 11.8. The van der Waals surface area contributed by atoms with Gasteiger partial charge in [0.1, 0.15) is 4.83 Å². The van der Waals surface area contributed by atoms with Gasteiger partial charge in [0.2, 0.25) is 5.28 Å². The van der Waals surface area contributed by atoms with E-state index in [4.69, 9.17) is 16.6 Å². The zero-order valence-electron chi connectivity index (χ0n) is 14.7. The third kappa shape index (κ3) is 2.27. The van der Waals surface area contributed by atoms with Crippen LogP contribution >= 0.6 is 22.9 Å². The van der Waals surface area contributed by atoms with Crippen molar-refractivity contribution in [3.8, 4) is 11.3 Å². The first-order valence-electron chi connectivity index (χ1n) is 9.05. The topological polar surface area (TPSA) is 25.8 Å². The predicted molar refractivity (Wildman–Crippen MR) is 120 cm³/mol. The molecule has 0 atom stereocenters. The maximum atomic E-state index is 6.36. The molecule has 0 radical (unpaired) electrons. The Kier molecular flexibility index (Phi) is 3.42. The lowest BCUT2D eigenvalue weighted by atomic mass is 9.94. The van der Waals surface area contributed by atoms with E-state index >= 15 is 0 Å². The highest BCUT2D eigenvalue weighted by Crippen LogP contribution is 2.42. The average molecular weight is 397 g/mol. The van der Waals surface area contributed by atoms with E-state index in [1.54, 1.807) is 11.3 Å². The molecule has 0 amide bonds. The molecule has 0 N–H and O–H groups in total. The van der Waals surface area contributed by atoms with E-state index < -0.39 is 0 Å². The van der Waals surface area contributed by atoms with E-state index in [1.165, 1.54) is 31.6 Å². The lowest BCUT2D eigenvalue weighted by Crippen LogP contribution is -1.91. The molecule has 0 unspecified atom stereocenters. The molecule has 6 rings (SSSR count). The van der Waals surface area contributed by atoms with Crippen molar-refractivity contribution < 1.29 is 0 Å². The van der Waals surface area contributed by atoms with Gasteiger partial charge in [-0.2, -0.15) is 0 Å². The largest absolute Gasteiger partial charge is 0.224 e. The fourth-order valence-electron chi connectivity index (χ4n) is 4.04. The molecule has 0 saturated heterocycles. The van der Waals surface area contributed by atoms with Crippen molar-refractivity contribution in [2.24, 2.45) is 0 Å². The third-order valence-electron chi connectivity index (χ3n) is 5.23. The zero-order valence-corrected chi connectivity index (χ0v) is 16.3. The molecule has 6 aromatic rings. The van der Waals surface area contributed by atoms with Crippen molar-refractivity contribution in [1.82, 2.24) is 9.97 Å². The van der Waals surface area contributed by atoms with Gasteiger partial charge in [-0.3, -0.25) is 0 Å². The van der Waals surface area contributed by atoms with E-state index in [1.807, 2.05) is 0 Å². The van der Waals surface area contributed by atoms with Crippen LogP contribution in [0, 0.1) is 0 Å².